The minimum atomic E-state index is -3.76. The number of rotatable bonds is 7. The van der Waals surface area contributed by atoms with Crippen LogP contribution in [0.5, 0.6) is 5.75 Å². The van der Waals surface area contributed by atoms with Crippen molar-refractivity contribution in [2.45, 2.75) is 17.7 Å². The van der Waals surface area contributed by atoms with E-state index >= 15 is 0 Å². The Balaban J connectivity index is 1.57. The molecule has 9 heteroatoms. The third-order valence-electron chi connectivity index (χ3n) is 3.94. The molecule has 0 atom stereocenters. The first-order chi connectivity index (χ1) is 13.3. The molecule has 1 aromatic heterocycles. The zero-order valence-corrected chi connectivity index (χ0v) is 15.9. The highest BCUT2D eigenvalue weighted by molar-refractivity contribution is 7.89. The third-order valence-corrected chi connectivity index (χ3v) is 4.87. The van der Waals surface area contributed by atoms with Crippen molar-refractivity contribution in [3.8, 4) is 17.1 Å². The molecule has 1 heterocycles. The maximum Gasteiger partial charge on any atom is 0.238 e. The molecule has 3 rings (SSSR count). The standard InChI is InChI=1S/C19H19N3O5S/c1-26-15-4-2-3-13(11-15)17-12-21-19(27-17)10-9-18(23)22-14-5-7-16(8-6-14)28(20,24)25/h2-8,11-12H,9-10H2,1H3,(H,22,23)(H2,20,24,25). The molecule has 1 amide bonds. The van der Waals surface area contributed by atoms with Crippen LogP contribution in [-0.4, -0.2) is 26.4 Å². The Morgan fingerprint density at radius 2 is 1.96 bits per heavy atom. The predicted octanol–water partition coefficient (Wildman–Crippen LogP) is 2.57. The van der Waals surface area contributed by atoms with E-state index in [0.717, 1.165) is 5.56 Å². The number of hydrogen-bond acceptors (Lipinski definition) is 6. The van der Waals surface area contributed by atoms with Crippen molar-refractivity contribution in [2.75, 3.05) is 12.4 Å². The van der Waals surface area contributed by atoms with E-state index in [9.17, 15) is 13.2 Å². The van der Waals surface area contributed by atoms with Crippen LogP contribution in [0.1, 0.15) is 12.3 Å². The number of ether oxygens (including phenoxy) is 1. The smallest absolute Gasteiger partial charge is 0.238 e. The van der Waals surface area contributed by atoms with Gasteiger partial charge >= 0.3 is 0 Å². The molecule has 0 aliphatic heterocycles. The van der Waals surface area contributed by atoms with Gasteiger partial charge in [0.05, 0.1) is 18.2 Å². The highest BCUT2D eigenvalue weighted by Crippen LogP contribution is 2.24. The number of aryl methyl sites for hydroxylation is 1. The van der Waals surface area contributed by atoms with Crippen molar-refractivity contribution >= 4 is 21.6 Å². The second kappa shape index (κ2) is 8.24. The lowest BCUT2D eigenvalue weighted by Gasteiger charge is -2.05. The number of nitrogens with one attached hydrogen (secondary N) is 1. The van der Waals surface area contributed by atoms with Gasteiger partial charge in [0.2, 0.25) is 15.9 Å². The van der Waals surface area contributed by atoms with Crippen molar-refractivity contribution in [3.05, 3.63) is 60.6 Å². The van der Waals surface area contributed by atoms with Crippen LogP contribution in [0.15, 0.2) is 64.0 Å². The number of carbonyl (C=O) groups is 1. The number of aromatic nitrogens is 1. The first-order valence-electron chi connectivity index (χ1n) is 8.37. The largest absolute Gasteiger partial charge is 0.497 e. The van der Waals surface area contributed by atoms with Crippen molar-refractivity contribution in [1.82, 2.24) is 4.98 Å². The molecule has 28 heavy (non-hydrogen) atoms. The van der Waals surface area contributed by atoms with Crippen LogP contribution in [0.25, 0.3) is 11.3 Å². The summed E-state index contributed by atoms with van der Waals surface area (Å²) in [4.78, 5) is 16.3. The van der Waals surface area contributed by atoms with Crippen molar-refractivity contribution < 1.29 is 22.4 Å². The summed E-state index contributed by atoms with van der Waals surface area (Å²) in [7, 11) is -2.17. The minimum absolute atomic E-state index is 0.0182. The summed E-state index contributed by atoms with van der Waals surface area (Å²) in [6.07, 6.45) is 2.09. The van der Waals surface area contributed by atoms with E-state index in [4.69, 9.17) is 14.3 Å². The van der Waals surface area contributed by atoms with Crippen LogP contribution in [0.3, 0.4) is 0 Å². The summed E-state index contributed by atoms with van der Waals surface area (Å²) in [6.45, 7) is 0. The molecule has 146 valence electrons. The van der Waals surface area contributed by atoms with Gasteiger partial charge < -0.3 is 14.5 Å². The maximum atomic E-state index is 12.1. The number of carbonyl (C=O) groups excluding carboxylic acids is 1. The Morgan fingerprint density at radius 1 is 1.21 bits per heavy atom. The van der Waals surface area contributed by atoms with Gasteiger partial charge in [-0.25, -0.2) is 18.5 Å². The number of anilines is 1. The summed E-state index contributed by atoms with van der Waals surface area (Å²) in [5.74, 6) is 1.50. The highest BCUT2D eigenvalue weighted by atomic mass is 32.2. The summed E-state index contributed by atoms with van der Waals surface area (Å²) < 4.78 is 33.3. The average molecular weight is 401 g/mol. The highest BCUT2D eigenvalue weighted by Gasteiger charge is 2.11. The van der Waals surface area contributed by atoms with Gasteiger partial charge in [-0.1, -0.05) is 12.1 Å². The summed E-state index contributed by atoms with van der Waals surface area (Å²) >= 11 is 0. The van der Waals surface area contributed by atoms with Gasteiger partial charge in [-0.05, 0) is 36.4 Å². The van der Waals surface area contributed by atoms with Gasteiger partial charge in [0.15, 0.2) is 11.7 Å². The molecule has 2 aromatic carbocycles. The lowest BCUT2D eigenvalue weighted by Crippen LogP contribution is -2.14. The fourth-order valence-corrected chi connectivity index (χ4v) is 3.02. The molecule has 8 nitrogen and oxygen atoms in total. The quantitative estimate of drug-likeness (QED) is 0.627. The molecule has 0 saturated carbocycles. The topological polar surface area (TPSA) is 125 Å². The fraction of sp³-hybridized carbons (Fsp3) is 0.158. The molecule has 0 aliphatic rings. The lowest BCUT2D eigenvalue weighted by molar-refractivity contribution is -0.116. The van der Waals surface area contributed by atoms with E-state index in [1.807, 2.05) is 24.3 Å². The van der Waals surface area contributed by atoms with E-state index in [1.165, 1.54) is 24.3 Å². The first kappa shape index (κ1) is 19.6. The number of amides is 1. The fourth-order valence-electron chi connectivity index (χ4n) is 2.51. The molecule has 0 saturated heterocycles. The Labute approximate surface area is 162 Å². The third kappa shape index (κ3) is 4.96. The zero-order valence-electron chi connectivity index (χ0n) is 15.1. The number of primary sulfonamides is 1. The predicted molar refractivity (Wildman–Crippen MR) is 103 cm³/mol. The van der Waals surface area contributed by atoms with Gasteiger partial charge in [0.25, 0.3) is 0 Å². The van der Waals surface area contributed by atoms with Gasteiger partial charge in [-0.15, -0.1) is 0 Å². The molecule has 3 aromatic rings. The SMILES string of the molecule is COc1cccc(-c2cnc(CCC(=O)Nc3ccc(S(N)(=O)=O)cc3)o2)c1. The molecule has 0 bridgehead atoms. The molecular weight excluding hydrogens is 382 g/mol. The second-order valence-electron chi connectivity index (χ2n) is 5.97. The number of sulfonamides is 1. The maximum absolute atomic E-state index is 12.1. The van der Waals surface area contributed by atoms with Crippen molar-refractivity contribution in [2.24, 2.45) is 5.14 Å². The van der Waals surface area contributed by atoms with Crippen molar-refractivity contribution in [1.29, 1.82) is 0 Å². The van der Waals surface area contributed by atoms with Crippen LogP contribution in [0, 0.1) is 0 Å². The average Bonchev–Trinajstić information content (AvgIpc) is 3.15. The monoisotopic (exact) mass is 401 g/mol. The summed E-state index contributed by atoms with van der Waals surface area (Å²) in [5.41, 5.74) is 1.30. The first-order valence-corrected chi connectivity index (χ1v) is 9.91. The van der Waals surface area contributed by atoms with Gasteiger partial charge in [0.1, 0.15) is 5.75 Å². The lowest BCUT2D eigenvalue weighted by atomic mass is 10.2. The molecule has 0 unspecified atom stereocenters. The van der Waals surface area contributed by atoms with Crippen LogP contribution in [0.2, 0.25) is 0 Å². The van der Waals surface area contributed by atoms with Crippen LogP contribution in [-0.2, 0) is 21.2 Å². The number of oxazole rings is 1. The van der Waals surface area contributed by atoms with Gasteiger partial charge in [-0.2, -0.15) is 0 Å². The molecule has 0 aliphatic carbocycles. The molecule has 0 radical (unpaired) electrons. The number of hydrogen-bond donors (Lipinski definition) is 2. The van der Waals surface area contributed by atoms with Crippen LogP contribution < -0.4 is 15.2 Å². The molecule has 0 fully saturated rings. The van der Waals surface area contributed by atoms with E-state index in [1.54, 1.807) is 13.3 Å². The normalized spacial score (nSPS) is 11.2. The van der Waals surface area contributed by atoms with Gasteiger partial charge in [-0.3, -0.25) is 4.79 Å². The van der Waals surface area contributed by atoms with E-state index < -0.39 is 10.0 Å². The Kier molecular flexibility index (Phi) is 5.76. The van der Waals surface area contributed by atoms with Crippen LogP contribution in [0.4, 0.5) is 5.69 Å². The number of nitrogens with zero attached hydrogens (tertiary/aromatic N) is 1. The molecule has 3 N–H and O–H groups in total. The Bertz CT molecular complexity index is 1070. The van der Waals surface area contributed by atoms with E-state index in [2.05, 4.69) is 10.3 Å². The van der Waals surface area contributed by atoms with Gasteiger partial charge in [0, 0.05) is 24.1 Å². The molecule has 0 spiro atoms. The summed E-state index contributed by atoms with van der Waals surface area (Å²) in [6, 6.07) is 13.0. The second-order valence-corrected chi connectivity index (χ2v) is 7.53. The zero-order chi connectivity index (χ0) is 20.1. The number of benzene rings is 2. The van der Waals surface area contributed by atoms with E-state index in [-0.39, 0.29) is 17.2 Å². The summed E-state index contributed by atoms with van der Waals surface area (Å²) in [5, 5.41) is 7.72. The molecular formula is C19H19N3O5S. The minimum Gasteiger partial charge on any atom is -0.497 e. The Morgan fingerprint density at radius 3 is 2.64 bits per heavy atom. The van der Waals surface area contributed by atoms with Crippen molar-refractivity contribution in [3.63, 3.8) is 0 Å². The number of methoxy groups -OCH3 is 1. The van der Waals surface area contributed by atoms with E-state index in [0.29, 0.717) is 29.5 Å². The Hall–Kier alpha value is -3.17. The van der Waals surface area contributed by atoms with Crippen LogP contribution >= 0.6 is 0 Å². The number of nitrogens with two attached hydrogens (primary N) is 1.